The Balaban J connectivity index is 1.53. The van der Waals surface area contributed by atoms with Crippen molar-refractivity contribution in [3.8, 4) is 45.8 Å². The fourth-order valence-corrected chi connectivity index (χ4v) is 8.17. The van der Waals surface area contributed by atoms with E-state index in [1.54, 1.807) is 62.4 Å². The van der Waals surface area contributed by atoms with Gasteiger partial charge in [-0.25, -0.2) is 9.97 Å². The number of amides is 2. The molecule has 0 radical (unpaired) electrons. The highest BCUT2D eigenvalue weighted by Gasteiger charge is 2.36. The fourth-order valence-electron chi connectivity index (χ4n) is 7.94. The number of halogens is 1. The van der Waals surface area contributed by atoms with Crippen LogP contribution in [0.1, 0.15) is 92.0 Å². The molecule has 4 bridgehead atoms. The average Bonchev–Trinajstić information content (AvgIpc) is 3.31. The topological polar surface area (TPSA) is 256 Å². The molecule has 0 unspecified atom stereocenters. The van der Waals surface area contributed by atoms with Crippen LogP contribution >= 0.6 is 11.6 Å². The van der Waals surface area contributed by atoms with Crippen LogP contribution in [0.4, 0.5) is 0 Å². The first kappa shape index (κ1) is 51.7. The predicted octanol–water partition coefficient (Wildman–Crippen LogP) is 5.87. The molecule has 67 heavy (non-hydrogen) atoms. The summed E-state index contributed by atoms with van der Waals surface area (Å²) in [5.41, 5.74) is 21.1. The Labute approximate surface area is 396 Å². The van der Waals surface area contributed by atoms with Crippen LogP contribution in [0.15, 0.2) is 60.8 Å². The van der Waals surface area contributed by atoms with Gasteiger partial charge in [-0.3, -0.25) is 24.0 Å². The van der Waals surface area contributed by atoms with E-state index in [0.717, 1.165) is 12.8 Å². The second-order valence-corrected chi connectivity index (χ2v) is 17.0. The summed E-state index contributed by atoms with van der Waals surface area (Å²) in [6.45, 7) is 6.67. The normalized spacial score (nSPS) is 16.5. The molecule has 16 nitrogen and oxygen atoms in total. The van der Waals surface area contributed by atoms with Crippen LogP contribution in [0.5, 0.6) is 17.2 Å². The number of hydrogen-bond acceptors (Lipinski definition) is 14. The Morgan fingerprint density at radius 1 is 0.925 bits per heavy atom. The number of unbranched alkanes of at least 4 members (excludes halogenated alkanes) is 1. The number of ether oxygens (including phenoxy) is 3. The highest BCUT2D eigenvalue weighted by molar-refractivity contribution is 6.32. The fraction of sp³-hybridized carbons (Fsp3) is 0.440. The van der Waals surface area contributed by atoms with Gasteiger partial charge in [0.15, 0.2) is 23.2 Å². The molecule has 1 aromatic heterocycles. The first-order valence-corrected chi connectivity index (χ1v) is 23.0. The van der Waals surface area contributed by atoms with Gasteiger partial charge in [0.1, 0.15) is 36.5 Å². The van der Waals surface area contributed by atoms with Crippen LogP contribution in [-0.2, 0) is 25.6 Å². The molecule has 3 aromatic carbocycles. The van der Waals surface area contributed by atoms with Gasteiger partial charge in [-0.05, 0) is 86.3 Å². The summed E-state index contributed by atoms with van der Waals surface area (Å²) >= 11 is 6.51. The zero-order valence-electron chi connectivity index (χ0n) is 38.6. The molecule has 7 N–H and O–H groups in total. The summed E-state index contributed by atoms with van der Waals surface area (Å²) < 4.78 is 18.0. The van der Waals surface area contributed by atoms with Gasteiger partial charge in [0.25, 0.3) is 0 Å². The highest BCUT2D eigenvalue weighted by atomic mass is 35.5. The number of nitriles is 1. The third-order valence-corrected chi connectivity index (χ3v) is 11.8. The van der Waals surface area contributed by atoms with Crippen molar-refractivity contribution in [3.63, 3.8) is 0 Å². The number of nitrogens with zero attached hydrogens (tertiary/aromatic N) is 4. The lowest BCUT2D eigenvalue weighted by molar-refractivity contribution is -0.142. The number of nitrogens with two attached hydrogens (primary N) is 3. The van der Waals surface area contributed by atoms with E-state index >= 15 is 0 Å². The molecule has 1 aliphatic heterocycles. The number of benzene rings is 3. The maximum absolute atomic E-state index is 14.8. The van der Waals surface area contributed by atoms with Gasteiger partial charge in [-0.1, -0.05) is 44.0 Å². The minimum atomic E-state index is -1.26. The van der Waals surface area contributed by atoms with Crippen molar-refractivity contribution in [2.75, 3.05) is 46.5 Å². The Morgan fingerprint density at radius 3 is 2.24 bits per heavy atom. The lowest BCUT2D eigenvalue weighted by atomic mass is 9.88. The van der Waals surface area contributed by atoms with Crippen LogP contribution in [0.25, 0.3) is 22.5 Å². The monoisotopic (exact) mass is 936 g/mol. The van der Waals surface area contributed by atoms with Crippen molar-refractivity contribution >= 4 is 40.8 Å². The third kappa shape index (κ3) is 13.4. The molecule has 356 valence electrons. The Morgan fingerprint density at radius 2 is 1.60 bits per heavy atom. The number of rotatable bonds is 21. The molecule has 2 amide bonds. The summed E-state index contributed by atoms with van der Waals surface area (Å²) in [5, 5.41) is 12.5. The third-order valence-electron chi connectivity index (χ3n) is 11.5. The lowest BCUT2D eigenvalue weighted by Gasteiger charge is -2.32. The summed E-state index contributed by atoms with van der Waals surface area (Å²) in [5.74, 6) is -2.43. The van der Waals surface area contributed by atoms with Gasteiger partial charge in [0.05, 0.1) is 35.0 Å². The van der Waals surface area contributed by atoms with Gasteiger partial charge < -0.3 is 41.6 Å². The second kappa shape index (κ2) is 25.0. The number of ketones is 3. The number of likely N-dealkylation sites (N-methyl/N-ethyl adjacent to an activating group) is 1. The maximum atomic E-state index is 14.8. The second-order valence-electron chi connectivity index (χ2n) is 16.6. The first-order valence-electron chi connectivity index (χ1n) is 22.7. The number of hydrogen-bond donors (Lipinski definition) is 4. The van der Waals surface area contributed by atoms with Crippen molar-refractivity contribution in [3.05, 3.63) is 88.2 Å². The average molecular weight is 938 g/mol. The van der Waals surface area contributed by atoms with E-state index in [4.69, 9.17) is 43.0 Å². The number of nitrogens with one attached hydrogen (secondary N) is 1. The summed E-state index contributed by atoms with van der Waals surface area (Å²) in [6.07, 6.45) is 2.82. The molecule has 0 aliphatic carbocycles. The minimum absolute atomic E-state index is 0.0378. The van der Waals surface area contributed by atoms with Crippen molar-refractivity contribution in [2.24, 2.45) is 29.0 Å². The van der Waals surface area contributed by atoms with Crippen LogP contribution in [0.2, 0.25) is 5.02 Å². The molecular weight excluding hydrogens is 876 g/mol. The molecular formula is C50H61ClN8O8. The molecule has 17 heteroatoms. The van der Waals surface area contributed by atoms with Crippen molar-refractivity contribution in [1.82, 2.24) is 20.2 Å². The summed E-state index contributed by atoms with van der Waals surface area (Å²) in [7, 11) is 1.49. The Hall–Kier alpha value is -6.25. The van der Waals surface area contributed by atoms with Gasteiger partial charge in [0.2, 0.25) is 11.8 Å². The van der Waals surface area contributed by atoms with E-state index in [9.17, 15) is 29.2 Å². The van der Waals surface area contributed by atoms with Gasteiger partial charge in [-0.15, -0.1) is 0 Å². The Kier molecular flexibility index (Phi) is 19.3. The molecule has 2 heterocycles. The highest BCUT2D eigenvalue weighted by Crippen LogP contribution is 2.41. The van der Waals surface area contributed by atoms with E-state index in [2.05, 4.69) is 22.2 Å². The molecule has 0 fully saturated rings. The van der Waals surface area contributed by atoms with E-state index in [1.807, 2.05) is 12.1 Å². The standard InChI is InChI=1S/C50H61ClN8O8/c1-5-6-20-65-46-14-11-34(27-39(46)51)48-56-29-38(31(3)57-48)42(61)28-35(15-17-53)50(64)59(4)47-33-10-13-45(67-22-19-55)37(26-33)36-24-32(9-12-44(36)66-21-18-54)25-40(41(60)8-7-16-52)58-49(63)30(2)23-43(47)62/h9-14,24,26-27,29-30,35,40,47H,5-8,15,17-23,25,28,53-55H2,1-4H3,(H,58,63)/t30-,35-,40+,47+/m1/s1. The quantitative estimate of drug-likeness (QED) is 0.0563. The van der Waals surface area contributed by atoms with Crippen molar-refractivity contribution < 1.29 is 38.2 Å². The number of carbonyl (C=O) groups excluding carboxylic acids is 5. The zero-order valence-corrected chi connectivity index (χ0v) is 39.4. The molecule has 0 spiro atoms. The largest absolute Gasteiger partial charge is 0.492 e. The van der Waals surface area contributed by atoms with E-state index in [1.165, 1.54) is 18.1 Å². The maximum Gasteiger partial charge on any atom is 0.226 e. The van der Waals surface area contributed by atoms with E-state index in [-0.39, 0.29) is 82.7 Å². The molecule has 0 saturated heterocycles. The van der Waals surface area contributed by atoms with Gasteiger partial charge in [-0.2, -0.15) is 5.26 Å². The van der Waals surface area contributed by atoms with E-state index < -0.39 is 47.3 Å². The van der Waals surface area contributed by atoms with Crippen LogP contribution in [0, 0.1) is 30.1 Å². The molecule has 0 saturated carbocycles. The van der Waals surface area contributed by atoms with Gasteiger partial charge >= 0.3 is 0 Å². The predicted molar refractivity (Wildman–Crippen MR) is 254 cm³/mol. The van der Waals surface area contributed by atoms with Crippen LogP contribution in [0.3, 0.4) is 0 Å². The SMILES string of the molecule is CCCCOc1ccc(-c2ncc(C(=O)C[C@@H](CCN)C(=O)N(C)[C@@H]3C(=O)C[C@@H](C)C(=O)N[C@H](C(=O)CCC#N)Cc4ccc(OCCN)c(c4)-c4cc3ccc4OCCN)c(C)n2)cc1Cl. The van der Waals surface area contributed by atoms with Crippen LogP contribution in [-0.4, -0.2) is 96.6 Å². The number of carbonyl (C=O) groups is 5. The first-order chi connectivity index (χ1) is 32.2. The number of Topliss-reactive ketones (excluding diaryl/α,β-unsaturated/α-hetero) is 3. The molecule has 4 atom stereocenters. The summed E-state index contributed by atoms with van der Waals surface area (Å²) in [4.78, 5) is 81.2. The number of aryl methyl sites for hydroxylation is 1. The number of fused-ring (bicyclic) bond motifs is 5. The van der Waals surface area contributed by atoms with Crippen molar-refractivity contribution in [1.29, 1.82) is 5.26 Å². The smallest absolute Gasteiger partial charge is 0.226 e. The minimum Gasteiger partial charge on any atom is -0.492 e. The molecule has 5 rings (SSSR count). The zero-order chi connectivity index (χ0) is 48.6. The summed E-state index contributed by atoms with van der Waals surface area (Å²) in [6, 6.07) is 15.4. The molecule has 1 aliphatic rings. The molecule has 4 aromatic rings. The van der Waals surface area contributed by atoms with E-state index in [0.29, 0.717) is 68.2 Å². The number of aromatic nitrogens is 2. The van der Waals surface area contributed by atoms with Crippen molar-refractivity contribution in [2.45, 2.75) is 84.2 Å². The lowest BCUT2D eigenvalue weighted by Crippen LogP contribution is -2.46. The van der Waals surface area contributed by atoms with Gasteiger partial charge in [0, 0.05) is 80.5 Å². The Bertz CT molecular complexity index is 2460. The van der Waals surface area contributed by atoms with Crippen LogP contribution < -0.4 is 36.7 Å².